The van der Waals surface area contributed by atoms with Crippen LogP contribution < -0.4 is 10.5 Å². The third kappa shape index (κ3) is 3.12. The second-order valence-electron chi connectivity index (χ2n) is 4.76. The molecule has 1 fully saturated rings. The normalized spacial score (nSPS) is 18.7. The van der Waals surface area contributed by atoms with Crippen molar-refractivity contribution in [1.82, 2.24) is 4.90 Å². The van der Waals surface area contributed by atoms with E-state index in [4.69, 9.17) is 22.7 Å². The lowest BCUT2D eigenvalue weighted by atomic mass is 10.0. The largest absolute Gasteiger partial charge is 0.496 e. The number of benzene rings is 1. The van der Waals surface area contributed by atoms with Crippen LogP contribution in [0, 0.1) is 0 Å². The van der Waals surface area contributed by atoms with E-state index >= 15 is 0 Å². The van der Waals surface area contributed by atoms with Crippen LogP contribution >= 0.6 is 28.1 Å². The van der Waals surface area contributed by atoms with Crippen LogP contribution in [-0.4, -0.2) is 35.5 Å². The van der Waals surface area contributed by atoms with Gasteiger partial charge in [0.05, 0.1) is 23.7 Å². The van der Waals surface area contributed by atoms with Crippen LogP contribution in [0.4, 0.5) is 0 Å². The minimum atomic E-state index is -0.153. The molecular formula is C14H17BrN2O2S. The fourth-order valence-corrected chi connectivity index (χ4v) is 3.05. The van der Waals surface area contributed by atoms with Crippen molar-refractivity contribution in [3.8, 4) is 5.75 Å². The summed E-state index contributed by atoms with van der Waals surface area (Å²) < 4.78 is 6.16. The van der Waals surface area contributed by atoms with E-state index in [2.05, 4.69) is 15.9 Å². The number of hydrogen-bond donors (Lipinski definition) is 1. The topological polar surface area (TPSA) is 55.6 Å². The number of ether oxygens (including phenoxy) is 1. The number of methoxy groups -OCH3 is 1. The maximum Gasteiger partial charge on any atom is 0.258 e. The van der Waals surface area contributed by atoms with Gasteiger partial charge in [0.25, 0.3) is 5.91 Å². The molecule has 1 unspecified atom stereocenters. The van der Waals surface area contributed by atoms with E-state index in [1.807, 2.05) is 6.07 Å². The Balaban J connectivity index is 2.32. The fourth-order valence-electron chi connectivity index (χ4n) is 2.47. The summed E-state index contributed by atoms with van der Waals surface area (Å²) in [6.45, 7) is 0.681. The van der Waals surface area contributed by atoms with Crippen molar-refractivity contribution in [2.24, 2.45) is 5.73 Å². The number of hydrogen-bond acceptors (Lipinski definition) is 3. The lowest BCUT2D eigenvalue weighted by Crippen LogP contribution is -2.49. The first-order valence-electron chi connectivity index (χ1n) is 6.48. The molecule has 4 nitrogen and oxygen atoms in total. The van der Waals surface area contributed by atoms with Gasteiger partial charge in [-0.3, -0.25) is 4.79 Å². The summed E-state index contributed by atoms with van der Waals surface area (Å²) in [6.07, 6.45) is 2.85. The molecule has 0 bridgehead atoms. The van der Waals surface area contributed by atoms with Gasteiger partial charge in [-0.05, 0) is 37.5 Å². The minimum Gasteiger partial charge on any atom is -0.496 e. The quantitative estimate of drug-likeness (QED) is 0.846. The molecule has 0 aromatic heterocycles. The number of halogens is 1. The maximum absolute atomic E-state index is 12.7. The Bertz CT molecular complexity index is 536. The number of carbonyl (C=O) groups is 1. The number of carbonyl (C=O) groups excluding carboxylic acids is 1. The number of likely N-dealkylation sites (tertiary alicyclic amines) is 1. The Morgan fingerprint density at radius 2 is 2.25 bits per heavy atom. The highest BCUT2D eigenvalue weighted by Gasteiger charge is 2.30. The summed E-state index contributed by atoms with van der Waals surface area (Å²) in [5, 5.41) is 0. The summed E-state index contributed by atoms with van der Waals surface area (Å²) >= 11 is 8.46. The molecule has 1 aliphatic rings. The third-order valence-electron chi connectivity index (χ3n) is 3.49. The molecule has 1 aromatic rings. The van der Waals surface area contributed by atoms with Gasteiger partial charge in [-0.15, -0.1) is 0 Å². The number of amides is 1. The zero-order chi connectivity index (χ0) is 14.7. The Labute approximate surface area is 132 Å². The van der Waals surface area contributed by atoms with Gasteiger partial charge in [0, 0.05) is 11.0 Å². The van der Waals surface area contributed by atoms with Crippen LogP contribution in [-0.2, 0) is 0 Å². The van der Waals surface area contributed by atoms with Gasteiger partial charge in [0.1, 0.15) is 5.75 Å². The van der Waals surface area contributed by atoms with Gasteiger partial charge in [0.2, 0.25) is 0 Å². The average Bonchev–Trinajstić information content (AvgIpc) is 2.46. The van der Waals surface area contributed by atoms with E-state index in [9.17, 15) is 4.79 Å². The molecule has 2 rings (SSSR count). The zero-order valence-corrected chi connectivity index (χ0v) is 13.7. The molecule has 0 aliphatic carbocycles. The highest BCUT2D eigenvalue weighted by atomic mass is 79.9. The first kappa shape index (κ1) is 15.3. The van der Waals surface area contributed by atoms with E-state index in [1.54, 1.807) is 24.1 Å². The lowest BCUT2D eigenvalue weighted by Gasteiger charge is -2.35. The smallest absolute Gasteiger partial charge is 0.258 e. The van der Waals surface area contributed by atoms with Crippen molar-refractivity contribution in [2.75, 3.05) is 13.7 Å². The van der Waals surface area contributed by atoms with Crippen LogP contribution in [0.1, 0.15) is 29.6 Å². The van der Waals surface area contributed by atoms with Crippen molar-refractivity contribution >= 4 is 39.0 Å². The monoisotopic (exact) mass is 356 g/mol. The third-order valence-corrected chi connectivity index (χ3v) is 4.25. The molecule has 1 saturated heterocycles. The molecule has 2 N–H and O–H groups in total. The number of nitrogens with two attached hydrogens (primary N) is 1. The van der Waals surface area contributed by atoms with Gasteiger partial charge >= 0.3 is 0 Å². The summed E-state index contributed by atoms with van der Waals surface area (Å²) in [7, 11) is 1.56. The van der Waals surface area contributed by atoms with Crippen LogP contribution in [0.25, 0.3) is 0 Å². The van der Waals surface area contributed by atoms with Gasteiger partial charge in [0.15, 0.2) is 0 Å². The van der Waals surface area contributed by atoms with E-state index in [0.717, 1.165) is 23.7 Å². The molecule has 1 amide bonds. The van der Waals surface area contributed by atoms with Gasteiger partial charge in [-0.1, -0.05) is 28.1 Å². The van der Waals surface area contributed by atoms with Crippen LogP contribution in [0.15, 0.2) is 22.7 Å². The predicted octanol–water partition coefficient (Wildman–Crippen LogP) is 2.74. The second kappa shape index (κ2) is 6.54. The molecule has 1 aliphatic heterocycles. The Morgan fingerprint density at radius 3 is 2.90 bits per heavy atom. The second-order valence-corrected chi connectivity index (χ2v) is 6.14. The van der Waals surface area contributed by atoms with E-state index < -0.39 is 0 Å². The first-order chi connectivity index (χ1) is 9.54. The molecule has 0 saturated carbocycles. The van der Waals surface area contributed by atoms with Gasteiger partial charge in [-0.2, -0.15) is 0 Å². The van der Waals surface area contributed by atoms with Gasteiger partial charge < -0.3 is 15.4 Å². The Kier molecular flexibility index (Phi) is 4.99. The van der Waals surface area contributed by atoms with Crippen molar-refractivity contribution in [2.45, 2.75) is 25.3 Å². The van der Waals surface area contributed by atoms with Crippen molar-refractivity contribution in [1.29, 1.82) is 0 Å². The molecule has 108 valence electrons. The van der Waals surface area contributed by atoms with E-state index in [-0.39, 0.29) is 11.9 Å². The summed E-state index contributed by atoms with van der Waals surface area (Å²) in [4.78, 5) is 14.9. The lowest BCUT2D eigenvalue weighted by molar-refractivity contribution is 0.0678. The van der Waals surface area contributed by atoms with E-state index in [1.165, 1.54) is 0 Å². The van der Waals surface area contributed by atoms with Crippen molar-refractivity contribution in [3.05, 3.63) is 28.2 Å². The molecule has 0 radical (unpaired) electrons. The molecule has 20 heavy (non-hydrogen) atoms. The molecular weight excluding hydrogens is 340 g/mol. The maximum atomic E-state index is 12.7. The molecule has 6 heteroatoms. The predicted molar refractivity (Wildman–Crippen MR) is 86.2 cm³/mol. The van der Waals surface area contributed by atoms with Crippen LogP contribution in [0.3, 0.4) is 0 Å². The highest BCUT2D eigenvalue weighted by molar-refractivity contribution is 9.10. The first-order valence-corrected chi connectivity index (χ1v) is 7.68. The molecule has 1 aromatic carbocycles. The number of nitrogens with zero attached hydrogens (tertiary/aromatic N) is 1. The number of rotatable bonds is 3. The van der Waals surface area contributed by atoms with Crippen molar-refractivity contribution < 1.29 is 9.53 Å². The zero-order valence-electron chi connectivity index (χ0n) is 11.3. The Hall–Kier alpha value is -1.14. The average molecular weight is 357 g/mol. The number of piperidine rings is 1. The summed E-state index contributed by atoms with van der Waals surface area (Å²) in [5.74, 6) is 0.475. The highest BCUT2D eigenvalue weighted by Crippen LogP contribution is 2.27. The minimum absolute atomic E-state index is 0.0770. The number of thiocarbonyl (C=S) groups is 1. The van der Waals surface area contributed by atoms with Crippen LogP contribution in [0.5, 0.6) is 5.75 Å². The molecule has 1 atom stereocenters. The van der Waals surface area contributed by atoms with Crippen molar-refractivity contribution in [3.63, 3.8) is 0 Å². The standard InChI is InChI=1S/C14H17BrN2O2S/c1-19-12-8-9(15)5-6-10(12)14(18)17-7-3-2-4-11(17)13(16)20/h5-6,8,11H,2-4,7H2,1H3,(H2,16,20). The van der Waals surface area contributed by atoms with E-state index in [0.29, 0.717) is 22.8 Å². The summed E-state index contributed by atoms with van der Waals surface area (Å²) in [5.41, 5.74) is 6.31. The Morgan fingerprint density at radius 1 is 1.50 bits per heavy atom. The molecule has 1 heterocycles. The van der Waals surface area contributed by atoms with Crippen LogP contribution in [0.2, 0.25) is 0 Å². The summed E-state index contributed by atoms with van der Waals surface area (Å²) in [6, 6.07) is 5.22. The fraction of sp³-hybridized carbons (Fsp3) is 0.429. The SMILES string of the molecule is COc1cc(Br)ccc1C(=O)N1CCCCC1C(N)=S. The van der Waals surface area contributed by atoms with Gasteiger partial charge in [-0.25, -0.2) is 0 Å². The molecule has 0 spiro atoms.